The number of aryl methyl sites for hydroxylation is 2. The third kappa shape index (κ3) is 4.36. The largest absolute Gasteiger partial charge is 0.463 e. The fourth-order valence-corrected chi connectivity index (χ4v) is 5.07. The van der Waals surface area contributed by atoms with Crippen molar-refractivity contribution >= 4 is 22.7 Å². The Kier molecular flexibility index (Phi) is 6.47. The molecule has 0 bridgehead atoms. The number of aromatic nitrogens is 1. The zero-order chi connectivity index (χ0) is 22.9. The Hall–Kier alpha value is -2.53. The van der Waals surface area contributed by atoms with Crippen LogP contribution in [-0.2, 0) is 6.54 Å². The molecule has 1 aromatic carbocycles. The van der Waals surface area contributed by atoms with E-state index in [-0.39, 0.29) is 11.4 Å². The number of fused-ring (bicyclic) bond motifs is 3. The van der Waals surface area contributed by atoms with Gasteiger partial charge in [-0.25, -0.2) is 0 Å². The van der Waals surface area contributed by atoms with Crippen molar-refractivity contribution in [2.24, 2.45) is 0 Å². The molecule has 0 spiro atoms. The SMILES string of the molecule is CNC1CCCCCC1.Cc1ccc(N2C(=O)c3cc4occc4n3CC2(C)C)cc1C. The Bertz CT molecular complexity index is 1080. The maximum atomic E-state index is 13.2. The van der Waals surface area contributed by atoms with Crippen molar-refractivity contribution in [1.82, 2.24) is 9.88 Å². The molecule has 1 aliphatic heterocycles. The summed E-state index contributed by atoms with van der Waals surface area (Å²) in [6, 6.07) is 10.8. The number of amides is 1. The van der Waals surface area contributed by atoms with E-state index in [0.717, 1.165) is 29.4 Å². The second-order valence-electron chi connectivity index (χ2n) is 9.98. The molecule has 1 aliphatic carbocycles. The van der Waals surface area contributed by atoms with Crippen molar-refractivity contribution in [2.75, 3.05) is 11.9 Å². The highest BCUT2D eigenvalue weighted by molar-refractivity contribution is 6.09. The van der Waals surface area contributed by atoms with Crippen LogP contribution in [0.15, 0.2) is 41.0 Å². The summed E-state index contributed by atoms with van der Waals surface area (Å²) in [5.41, 5.74) is 5.52. The van der Waals surface area contributed by atoms with Crippen molar-refractivity contribution in [3.63, 3.8) is 0 Å². The third-order valence-electron chi connectivity index (χ3n) is 7.11. The Morgan fingerprint density at radius 2 is 1.72 bits per heavy atom. The van der Waals surface area contributed by atoms with Gasteiger partial charge in [-0.3, -0.25) is 9.69 Å². The minimum absolute atomic E-state index is 0.0240. The number of carbonyl (C=O) groups is 1. The molecule has 3 aromatic rings. The lowest BCUT2D eigenvalue weighted by atomic mass is 9.96. The van der Waals surface area contributed by atoms with Crippen LogP contribution in [-0.4, -0.2) is 29.1 Å². The number of nitrogens with zero attached hydrogens (tertiary/aromatic N) is 2. The predicted molar refractivity (Wildman–Crippen MR) is 132 cm³/mol. The summed E-state index contributed by atoms with van der Waals surface area (Å²) in [7, 11) is 2.08. The quantitative estimate of drug-likeness (QED) is 0.486. The summed E-state index contributed by atoms with van der Waals surface area (Å²) >= 11 is 0. The summed E-state index contributed by atoms with van der Waals surface area (Å²) in [4.78, 5) is 15.1. The standard InChI is InChI=1S/C19H20N2O2.C8H17N/c1-12-5-6-14(9-13(12)2)21-18(22)16-10-17-15(7-8-23-17)20(16)11-19(21,3)4;1-9-8-6-4-2-3-5-7-8/h5-10H,11H2,1-4H3;8-9H,2-7H2,1H3. The van der Waals surface area contributed by atoms with Crippen molar-refractivity contribution in [2.45, 2.75) is 84.3 Å². The molecule has 5 heteroatoms. The van der Waals surface area contributed by atoms with Gasteiger partial charge in [-0.2, -0.15) is 0 Å². The molecule has 2 aliphatic rings. The maximum Gasteiger partial charge on any atom is 0.275 e. The first kappa shape index (κ1) is 22.7. The van der Waals surface area contributed by atoms with Crippen LogP contribution >= 0.6 is 0 Å². The smallest absolute Gasteiger partial charge is 0.275 e. The number of furan rings is 1. The molecule has 1 N–H and O–H groups in total. The first-order valence-corrected chi connectivity index (χ1v) is 12.0. The fourth-order valence-electron chi connectivity index (χ4n) is 5.07. The van der Waals surface area contributed by atoms with Gasteiger partial charge in [-0.15, -0.1) is 0 Å². The molecule has 1 amide bonds. The van der Waals surface area contributed by atoms with Gasteiger partial charge in [0.15, 0.2) is 5.58 Å². The van der Waals surface area contributed by atoms with E-state index in [1.807, 2.05) is 23.1 Å². The summed E-state index contributed by atoms with van der Waals surface area (Å²) in [5.74, 6) is 0.0240. The molecule has 0 atom stereocenters. The number of nitrogens with one attached hydrogen (secondary N) is 1. The highest BCUT2D eigenvalue weighted by Crippen LogP contribution is 2.36. The molecule has 0 saturated heterocycles. The van der Waals surface area contributed by atoms with E-state index >= 15 is 0 Å². The molecular formula is C27H37N3O2. The van der Waals surface area contributed by atoms with E-state index in [1.54, 1.807) is 6.26 Å². The summed E-state index contributed by atoms with van der Waals surface area (Å²) < 4.78 is 7.54. The lowest BCUT2D eigenvalue weighted by Gasteiger charge is -2.43. The number of hydrogen-bond donors (Lipinski definition) is 1. The van der Waals surface area contributed by atoms with E-state index in [9.17, 15) is 4.79 Å². The minimum Gasteiger partial charge on any atom is -0.463 e. The minimum atomic E-state index is -0.311. The Balaban J connectivity index is 0.000000230. The number of rotatable bonds is 2. The van der Waals surface area contributed by atoms with Gasteiger partial charge in [0.1, 0.15) is 5.69 Å². The average molecular weight is 436 g/mol. The van der Waals surface area contributed by atoms with Crippen molar-refractivity contribution in [3.05, 3.63) is 53.4 Å². The van der Waals surface area contributed by atoms with Gasteiger partial charge >= 0.3 is 0 Å². The summed E-state index contributed by atoms with van der Waals surface area (Å²) in [6.07, 6.45) is 10.3. The Labute approximate surface area is 191 Å². The van der Waals surface area contributed by atoms with E-state index in [2.05, 4.69) is 56.8 Å². The second kappa shape index (κ2) is 9.14. The van der Waals surface area contributed by atoms with Crippen LogP contribution < -0.4 is 10.2 Å². The monoisotopic (exact) mass is 435 g/mol. The van der Waals surface area contributed by atoms with Crippen LogP contribution in [0.25, 0.3) is 11.1 Å². The van der Waals surface area contributed by atoms with Crippen LogP contribution in [0.3, 0.4) is 0 Å². The van der Waals surface area contributed by atoms with E-state index in [0.29, 0.717) is 5.69 Å². The zero-order valence-corrected chi connectivity index (χ0v) is 20.2. The van der Waals surface area contributed by atoms with E-state index in [4.69, 9.17) is 4.42 Å². The van der Waals surface area contributed by atoms with Crippen LogP contribution in [0.5, 0.6) is 0 Å². The first-order chi connectivity index (χ1) is 15.3. The van der Waals surface area contributed by atoms with Gasteiger partial charge in [0.2, 0.25) is 0 Å². The molecule has 3 heterocycles. The highest BCUT2D eigenvalue weighted by atomic mass is 16.3. The van der Waals surface area contributed by atoms with E-state index in [1.165, 1.54) is 49.7 Å². The van der Waals surface area contributed by atoms with Gasteiger partial charge in [0.25, 0.3) is 5.91 Å². The van der Waals surface area contributed by atoms with Crippen molar-refractivity contribution in [1.29, 1.82) is 0 Å². The highest BCUT2D eigenvalue weighted by Gasteiger charge is 2.40. The molecule has 0 unspecified atom stereocenters. The topological polar surface area (TPSA) is 50.4 Å². The van der Waals surface area contributed by atoms with Crippen LogP contribution in [0, 0.1) is 13.8 Å². The summed E-state index contributed by atoms with van der Waals surface area (Å²) in [5, 5.41) is 3.34. The molecule has 2 aromatic heterocycles. The Morgan fingerprint density at radius 3 is 2.38 bits per heavy atom. The van der Waals surface area contributed by atoms with Gasteiger partial charge < -0.3 is 14.3 Å². The lowest BCUT2D eigenvalue weighted by molar-refractivity contribution is 0.0924. The fraction of sp³-hybridized carbons (Fsp3) is 0.519. The van der Waals surface area contributed by atoms with Gasteiger partial charge in [0, 0.05) is 30.4 Å². The zero-order valence-electron chi connectivity index (χ0n) is 20.2. The van der Waals surface area contributed by atoms with Gasteiger partial charge in [-0.1, -0.05) is 31.7 Å². The van der Waals surface area contributed by atoms with E-state index < -0.39 is 0 Å². The number of anilines is 1. The number of hydrogen-bond acceptors (Lipinski definition) is 3. The molecule has 1 saturated carbocycles. The lowest BCUT2D eigenvalue weighted by Crippen LogP contribution is -2.55. The Morgan fingerprint density at radius 1 is 1.00 bits per heavy atom. The number of carbonyl (C=O) groups excluding carboxylic acids is 1. The molecule has 1 fully saturated rings. The first-order valence-electron chi connectivity index (χ1n) is 12.0. The normalized spacial score (nSPS) is 18.8. The molecule has 0 radical (unpaired) electrons. The second-order valence-corrected chi connectivity index (χ2v) is 9.98. The average Bonchev–Trinajstić information content (AvgIpc) is 3.23. The van der Waals surface area contributed by atoms with Crippen LogP contribution in [0.4, 0.5) is 5.69 Å². The predicted octanol–water partition coefficient (Wildman–Crippen LogP) is 6.22. The summed E-state index contributed by atoms with van der Waals surface area (Å²) in [6.45, 7) is 9.12. The molecule has 5 rings (SSSR count). The molecule has 32 heavy (non-hydrogen) atoms. The number of benzene rings is 1. The molecular weight excluding hydrogens is 398 g/mol. The third-order valence-corrected chi connectivity index (χ3v) is 7.11. The van der Waals surface area contributed by atoms with Crippen molar-refractivity contribution < 1.29 is 9.21 Å². The molecule has 172 valence electrons. The van der Waals surface area contributed by atoms with Crippen LogP contribution in [0.2, 0.25) is 0 Å². The van der Waals surface area contributed by atoms with Gasteiger partial charge in [-0.05, 0) is 70.8 Å². The maximum absolute atomic E-state index is 13.2. The van der Waals surface area contributed by atoms with Crippen LogP contribution in [0.1, 0.15) is 74.0 Å². The van der Waals surface area contributed by atoms with Gasteiger partial charge in [0.05, 0.1) is 17.3 Å². The van der Waals surface area contributed by atoms with Crippen molar-refractivity contribution in [3.8, 4) is 0 Å². The molecule has 5 nitrogen and oxygen atoms in total.